The molecule has 0 bridgehead atoms. The fourth-order valence-electron chi connectivity index (χ4n) is 4.63. The molecule has 2 unspecified atom stereocenters. The zero-order valence-electron chi connectivity index (χ0n) is 18.0. The lowest BCUT2D eigenvalue weighted by atomic mass is 9.70. The highest BCUT2D eigenvalue weighted by molar-refractivity contribution is 5.31. The lowest BCUT2D eigenvalue weighted by Gasteiger charge is -2.36. The van der Waals surface area contributed by atoms with Crippen LogP contribution in [0.1, 0.15) is 43.9 Å². The molecule has 4 rings (SSSR count). The van der Waals surface area contributed by atoms with E-state index in [0.717, 1.165) is 19.3 Å². The Morgan fingerprint density at radius 3 is 2.07 bits per heavy atom. The molecule has 3 aromatic carbocycles. The first-order chi connectivity index (χ1) is 14.7. The van der Waals surface area contributed by atoms with Crippen LogP contribution in [0.15, 0.2) is 110 Å². The molecular weight excluding hydrogens is 364 g/mol. The molecule has 30 heavy (non-hydrogen) atoms. The Hall–Kier alpha value is -3.13. The van der Waals surface area contributed by atoms with Gasteiger partial charge in [0, 0.05) is 5.41 Å². The first kappa shape index (κ1) is 20.2. The van der Waals surface area contributed by atoms with Gasteiger partial charge in [0.25, 0.3) is 0 Å². The molecule has 0 saturated heterocycles. The summed E-state index contributed by atoms with van der Waals surface area (Å²) in [5.41, 5.74) is 3.95. The fourth-order valence-corrected chi connectivity index (χ4v) is 4.63. The summed E-state index contributed by atoms with van der Waals surface area (Å²) in [4.78, 5) is 0. The summed E-state index contributed by atoms with van der Waals surface area (Å²) in [5, 5.41) is 0. The summed E-state index contributed by atoms with van der Waals surface area (Å²) >= 11 is 0. The van der Waals surface area contributed by atoms with Gasteiger partial charge in [0.15, 0.2) is 0 Å². The van der Waals surface area contributed by atoms with Crippen molar-refractivity contribution in [3.63, 3.8) is 0 Å². The molecule has 0 fully saturated rings. The molecule has 4 aromatic rings. The second-order valence-corrected chi connectivity index (χ2v) is 8.35. The quantitative estimate of drug-likeness (QED) is 0.309. The van der Waals surface area contributed by atoms with Crippen LogP contribution in [0.4, 0.5) is 0 Å². The highest BCUT2D eigenvalue weighted by atomic mass is 15.1. The maximum absolute atomic E-state index is 2.43. The summed E-state index contributed by atoms with van der Waals surface area (Å²) in [6.07, 6.45) is 9.94. The molecule has 0 aliphatic carbocycles. The van der Waals surface area contributed by atoms with Crippen molar-refractivity contribution in [1.82, 2.24) is 4.57 Å². The van der Waals surface area contributed by atoms with Gasteiger partial charge < -0.3 is 0 Å². The Morgan fingerprint density at radius 1 is 0.833 bits per heavy atom. The Kier molecular flexibility index (Phi) is 6.13. The van der Waals surface area contributed by atoms with E-state index in [1.54, 1.807) is 0 Å². The molecule has 1 heterocycles. The highest BCUT2D eigenvalue weighted by Gasteiger charge is 2.40. The van der Waals surface area contributed by atoms with Crippen molar-refractivity contribution in [2.75, 3.05) is 0 Å². The van der Waals surface area contributed by atoms with Gasteiger partial charge >= 0.3 is 0 Å². The van der Waals surface area contributed by atoms with Crippen LogP contribution < -0.4 is 4.57 Å². The summed E-state index contributed by atoms with van der Waals surface area (Å²) in [6.45, 7) is 4.72. The van der Waals surface area contributed by atoms with Gasteiger partial charge in [-0.1, -0.05) is 99.1 Å². The highest BCUT2D eigenvalue weighted by Crippen LogP contribution is 2.38. The molecule has 0 spiro atoms. The van der Waals surface area contributed by atoms with Crippen LogP contribution in [0, 0.1) is 0 Å². The number of nitrogens with zero attached hydrogens (tertiary/aromatic N) is 2. The van der Waals surface area contributed by atoms with E-state index in [4.69, 9.17) is 0 Å². The standard InChI is InChI=1S/C28H31N2/c1-3-13-27(30-21-20-29(23-30)26-18-11-6-12-19-26)28(2,25-16-9-5-10-17-25)22-24-14-7-4-8-15-24/h4-12,14-21,23,27H,3,13,22H2,1-2H3/q+1. The van der Waals surface area contributed by atoms with Crippen molar-refractivity contribution in [2.24, 2.45) is 0 Å². The fraction of sp³-hybridized carbons (Fsp3) is 0.250. The molecule has 0 saturated carbocycles. The van der Waals surface area contributed by atoms with Gasteiger partial charge in [-0.05, 0) is 36.1 Å². The monoisotopic (exact) mass is 395 g/mol. The van der Waals surface area contributed by atoms with E-state index < -0.39 is 0 Å². The Balaban J connectivity index is 1.77. The first-order valence-electron chi connectivity index (χ1n) is 10.9. The van der Waals surface area contributed by atoms with Crippen LogP contribution in [0.2, 0.25) is 0 Å². The number of benzene rings is 3. The van der Waals surface area contributed by atoms with Gasteiger partial charge in [0.05, 0.1) is 0 Å². The summed E-state index contributed by atoms with van der Waals surface area (Å²) in [7, 11) is 0. The molecule has 1 aromatic heterocycles. The van der Waals surface area contributed by atoms with Crippen molar-refractivity contribution in [2.45, 2.75) is 44.6 Å². The Morgan fingerprint density at radius 2 is 1.43 bits per heavy atom. The number of hydrogen-bond acceptors (Lipinski definition) is 0. The third-order valence-electron chi connectivity index (χ3n) is 6.22. The van der Waals surface area contributed by atoms with Crippen LogP contribution in [-0.2, 0) is 11.8 Å². The number of para-hydroxylation sites is 1. The normalized spacial score (nSPS) is 14.2. The predicted molar refractivity (Wildman–Crippen MR) is 124 cm³/mol. The molecule has 2 heteroatoms. The number of rotatable bonds is 8. The topological polar surface area (TPSA) is 8.81 Å². The van der Waals surface area contributed by atoms with Crippen LogP contribution in [0.3, 0.4) is 0 Å². The smallest absolute Gasteiger partial charge is 0.233 e. The van der Waals surface area contributed by atoms with Crippen LogP contribution >= 0.6 is 0 Å². The summed E-state index contributed by atoms with van der Waals surface area (Å²) in [6, 6.07) is 32.8. The van der Waals surface area contributed by atoms with E-state index in [1.165, 1.54) is 16.8 Å². The second-order valence-electron chi connectivity index (χ2n) is 8.35. The zero-order chi connectivity index (χ0) is 20.8. The molecule has 2 atom stereocenters. The molecule has 0 radical (unpaired) electrons. The van der Waals surface area contributed by atoms with Crippen molar-refractivity contribution in [3.05, 3.63) is 121 Å². The molecule has 0 aliphatic heterocycles. The van der Waals surface area contributed by atoms with Gasteiger partial charge in [-0.25, -0.2) is 9.13 Å². The van der Waals surface area contributed by atoms with Crippen molar-refractivity contribution >= 4 is 0 Å². The molecular formula is C28H31N2+. The van der Waals surface area contributed by atoms with Gasteiger partial charge in [-0.2, -0.15) is 0 Å². The Labute approximate surface area is 180 Å². The SMILES string of the molecule is CCCC([n+]1ccn(-c2ccccc2)c1)C(C)(Cc1ccccc1)c1ccccc1. The van der Waals surface area contributed by atoms with E-state index in [1.807, 2.05) is 0 Å². The van der Waals surface area contributed by atoms with Gasteiger partial charge in [0.2, 0.25) is 6.33 Å². The summed E-state index contributed by atoms with van der Waals surface area (Å²) in [5.74, 6) is 0. The van der Waals surface area contributed by atoms with Crippen molar-refractivity contribution in [1.29, 1.82) is 0 Å². The second kappa shape index (κ2) is 9.13. The average Bonchev–Trinajstić information content (AvgIpc) is 3.29. The van der Waals surface area contributed by atoms with Gasteiger partial charge in [-0.15, -0.1) is 0 Å². The number of hydrogen-bond donors (Lipinski definition) is 0. The van der Waals surface area contributed by atoms with E-state index in [-0.39, 0.29) is 5.41 Å². The number of imidazole rings is 1. The zero-order valence-corrected chi connectivity index (χ0v) is 18.0. The minimum atomic E-state index is -0.0217. The minimum absolute atomic E-state index is 0.0217. The van der Waals surface area contributed by atoms with Gasteiger partial charge in [-0.3, -0.25) is 0 Å². The van der Waals surface area contributed by atoms with Crippen molar-refractivity contribution < 1.29 is 4.57 Å². The molecule has 2 nitrogen and oxygen atoms in total. The lowest BCUT2D eigenvalue weighted by Crippen LogP contribution is -2.50. The largest absolute Gasteiger partial charge is 0.249 e. The van der Waals surface area contributed by atoms with E-state index >= 15 is 0 Å². The van der Waals surface area contributed by atoms with Crippen LogP contribution in [0.5, 0.6) is 0 Å². The predicted octanol–water partition coefficient (Wildman–Crippen LogP) is 6.31. The number of aromatic nitrogens is 2. The third kappa shape index (κ3) is 4.23. The molecule has 0 aliphatic rings. The average molecular weight is 396 g/mol. The maximum Gasteiger partial charge on any atom is 0.249 e. The maximum atomic E-state index is 2.43. The third-order valence-corrected chi connectivity index (χ3v) is 6.22. The van der Waals surface area contributed by atoms with Crippen molar-refractivity contribution in [3.8, 4) is 5.69 Å². The van der Waals surface area contributed by atoms with Crippen LogP contribution in [0.25, 0.3) is 5.69 Å². The Bertz CT molecular complexity index is 1040. The molecule has 152 valence electrons. The summed E-state index contributed by atoms with van der Waals surface area (Å²) < 4.78 is 4.64. The van der Waals surface area contributed by atoms with E-state index in [9.17, 15) is 0 Å². The lowest BCUT2D eigenvalue weighted by molar-refractivity contribution is -0.732. The molecule has 0 amide bonds. The first-order valence-corrected chi connectivity index (χ1v) is 10.9. The molecule has 0 N–H and O–H groups in total. The van der Waals surface area contributed by atoms with Crippen LogP contribution in [-0.4, -0.2) is 4.57 Å². The van der Waals surface area contributed by atoms with E-state index in [0.29, 0.717) is 6.04 Å². The van der Waals surface area contributed by atoms with Gasteiger partial charge in [0.1, 0.15) is 24.1 Å². The van der Waals surface area contributed by atoms with E-state index in [2.05, 4.69) is 133 Å². The minimum Gasteiger partial charge on any atom is -0.233 e.